The van der Waals surface area contributed by atoms with E-state index in [-0.39, 0.29) is 29.2 Å². The van der Waals surface area contributed by atoms with Crippen LogP contribution in [0.2, 0.25) is 0 Å². The van der Waals surface area contributed by atoms with Crippen molar-refractivity contribution in [2.24, 2.45) is 11.3 Å². The number of thiophene rings is 1. The predicted molar refractivity (Wildman–Crippen MR) is 80.4 cm³/mol. The van der Waals surface area contributed by atoms with Gasteiger partial charge in [0, 0.05) is 24.9 Å². The van der Waals surface area contributed by atoms with E-state index in [4.69, 9.17) is 0 Å². The highest BCUT2D eigenvalue weighted by Gasteiger charge is 2.35. The van der Waals surface area contributed by atoms with Gasteiger partial charge in [-0.15, -0.1) is 11.3 Å². The zero-order valence-electron chi connectivity index (χ0n) is 12.5. The van der Waals surface area contributed by atoms with Crippen molar-refractivity contribution < 1.29 is 9.59 Å². The van der Waals surface area contributed by atoms with Crippen molar-refractivity contribution in [3.63, 3.8) is 0 Å². The van der Waals surface area contributed by atoms with Crippen LogP contribution >= 0.6 is 11.3 Å². The highest BCUT2D eigenvalue weighted by molar-refractivity contribution is 7.10. The minimum Gasteiger partial charge on any atom is -0.348 e. The fourth-order valence-electron chi connectivity index (χ4n) is 2.47. The van der Waals surface area contributed by atoms with Crippen LogP contribution < -0.4 is 5.32 Å². The topological polar surface area (TPSA) is 49.4 Å². The Morgan fingerprint density at radius 3 is 2.65 bits per heavy atom. The van der Waals surface area contributed by atoms with E-state index in [1.165, 1.54) is 0 Å². The molecule has 110 valence electrons. The van der Waals surface area contributed by atoms with Crippen molar-refractivity contribution in [3.8, 4) is 0 Å². The van der Waals surface area contributed by atoms with Gasteiger partial charge in [0.25, 0.3) is 0 Å². The Bertz CT molecular complexity index is 490. The fourth-order valence-corrected chi connectivity index (χ4v) is 3.49. The lowest BCUT2D eigenvalue weighted by Gasteiger charge is -2.31. The number of hydrogen-bond acceptors (Lipinski definition) is 3. The highest BCUT2D eigenvalue weighted by atomic mass is 32.1. The monoisotopic (exact) mass is 294 g/mol. The molecule has 1 aromatic heterocycles. The molecule has 2 amide bonds. The molecule has 5 heteroatoms. The predicted octanol–water partition coefficient (Wildman–Crippen LogP) is 2.43. The summed E-state index contributed by atoms with van der Waals surface area (Å²) in [6, 6.07) is 4.03. The number of nitrogens with zero attached hydrogens (tertiary/aromatic N) is 1. The van der Waals surface area contributed by atoms with Gasteiger partial charge in [0.1, 0.15) is 0 Å². The Balaban J connectivity index is 2.09. The molecular formula is C15H22N2O2S. The van der Waals surface area contributed by atoms with E-state index >= 15 is 0 Å². The van der Waals surface area contributed by atoms with E-state index in [2.05, 4.69) is 26.1 Å². The van der Waals surface area contributed by atoms with Crippen molar-refractivity contribution in [1.82, 2.24) is 10.2 Å². The Labute approximate surface area is 124 Å². The summed E-state index contributed by atoms with van der Waals surface area (Å²) in [5, 5.41) is 5.16. The van der Waals surface area contributed by atoms with Gasteiger partial charge in [-0.05, 0) is 16.9 Å². The van der Waals surface area contributed by atoms with Crippen LogP contribution in [0.4, 0.5) is 0 Å². The Hall–Kier alpha value is -1.36. The molecule has 2 unspecified atom stereocenters. The number of carbonyl (C=O) groups excluding carboxylic acids is 2. The lowest BCUT2D eigenvalue weighted by Crippen LogP contribution is -2.40. The normalized spacial score (nSPS) is 21.1. The number of rotatable bonds is 3. The van der Waals surface area contributed by atoms with Gasteiger partial charge in [-0.2, -0.15) is 0 Å². The fraction of sp³-hybridized carbons (Fsp3) is 0.600. The molecule has 0 bridgehead atoms. The zero-order chi connectivity index (χ0) is 14.9. The zero-order valence-corrected chi connectivity index (χ0v) is 13.3. The van der Waals surface area contributed by atoms with E-state index in [1.54, 1.807) is 23.3 Å². The quantitative estimate of drug-likeness (QED) is 0.931. The second kappa shape index (κ2) is 5.56. The summed E-state index contributed by atoms with van der Waals surface area (Å²) in [5.41, 5.74) is -0.0605. The molecule has 1 aromatic rings. The molecule has 4 nitrogen and oxygen atoms in total. The molecule has 1 aliphatic rings. The first-order chi connectivity index (χ1) is 9.29. The Morgan fingerprint density at radius 2 is 2.20 bits per heavy atom. The summed E-state index contributed by atoms with van der Waals surface area (Å²) in [7, 11) is 1.75. The van der Waals surface area contributed by atoms with Gasteiger partial charge in [0.2, 0.25) is 11.8 Å². The Kier molecular flexibility index (Phi) is 4.18. The van der Waals surface area contributed by atoms with E-state index in [0.717, 1.165) is 4.88 Å². The van der Waals surface area contributed by atoms with E-state index < -0.39 is 0 Å². The van der Waals surface area contributed by atoms with Gasteiger partial charge in [-0.1, -0.05) is 26.8 Å². The second-order valence-corrected chi connectivity index (χ2v) is 7.48. The van der Waals surface area contributed by atoms with Crippen molar-refractivity contribution in [2.45, 2.75) is 33.2 Å². The third kappa shape index (κ3) is 3.20. The van der Waals surface area contributed by atoms with Crippen LogP contribution in [0.15, 0.2) is 17.5 Å². The van der Waals surface area contributed by atoms with Crippen LogP contribution in [-0.2, 0) is 9.59 Å². The second-order valence-electron chi connectivity index (χ2n) is 6.50. The van der Waals surface area contributed by atoms with Gasteiger partial charge >= 0.3 is 0 Å². The van der Waals surface area contributed by atoms with Crippen LogP contribution in [0.3, 0.4) is 0 Å². The number of carbonyl (C=O) groups is 2. The van der Waals surface area contributed by atoms with Gasteiger partial charge in [0.15, 0.2) is 0 Å². The molecule has 0 radical (unpaired) electrons. The summed E-state index contributed by atoms with van der Waals surface area (Å²) in [6.07, 6.45) is 0.323. The minimum atomic E-state index is -0.225. The van der Waals surface area contributed by atoms with Gasteiger partial charge in [-0.25, -0.2) is 0 Å². The van der Waals surface area contributed by atoms with Crippen LogP contribution in [0.5, 0.6) is 0 Å². The first kappa shape index (κ1) is 15.0. The number of amides is 2. The molecule has 2 rings (SSSR count). The van der Waals surface area contributed by atoms with Crippen LogP contribution in [0.25, 0.3) is 0 Å². The lowest BCUT2D eigenvalue weighted by molar-refractivity contribution is -0.129. The molecular weight excluding hydrogens is 272 g/mol. The third-order valence-electron chi connectivity index (χ3n) is 3.69. The summed E-state index contributed by atoms with van der Waals surface area (Å²) in [6.45, 7) is 6.86. The SMILES string of the molecule is CN1CC(C(=O)NC(c2cccs2)C(C)(C)C)CC1=O. The minimum absolute atomic E-state index is 0.0176. The van der Waals surface area contributed by atoms with E-state index in [9.17, 15) is 9.59 Å². The number of hydrogen-bond donors (Lipinski definition) is 1. The van der Waals surface area contributed by atoms with E-state index in [1.807, 2.05) is 17.5 Å². The average molecular weight is 294 g/mol. The highest BCUT2D eigenvalue weighted by Crippen LogP contribution is 2.35. The van der Waals surface area contributed by atoms with Crippen LogP contribution in [0, 0.1) is 11.3 Å². The third-order valence-corrected chi connectivity index (χ3v) is 4.63. The molecule has 0 aliphatic carbocycles. The number of nitrogens with one attached hydrogen (secondary N) is 1. The van der Waals surface area contributed by atoms with Gasteiger partial charge in [0.05, 0.1) is 12.0 Å². The molecule has 1 saturated heterocycles. The standard InChI is InChI=1S/C15H22N2O2S/c1-15(2,3)13(11-6-5-7-20-11)16-14(19)10-8-12(18)17(4)9-10/h5-7,10,13H,8-9H2,1-4H3,(H,16,19). The molecule has 0 spiro atoms. The molecule has 1 fully saturated rings. The summed E-state index contributed by atoms with van der Waals surface area (Å²) in [4.78, 5) is 26.7. The summed E-state index contributed by atoms with van der Waals surface area (Å²) >= 11 is 1.65. The average Bonchev–Trinajstić information content (AvgIpc) is 2.95. The Morgan fingerprint density at radius 1 is 1.50 bits per heavy atom. The molecule has 20 heavy (non-hydrogen) atoms. The first-order valence-corrected chi connectivity index (χ1v) is 7.74. The molecule has 2 heterocycles. The molecule has 2 atom stereocenters. The maximum Gasteiger partial charge on any atom is 0.225 e. The van der Waals surface area contributed by atoms with Crippen molar-refractivity contribution >= 4 is 23.2 Å². The number of likely N-dealkylation sites (tertiary alicyclic amines) is 1. The van der Waals surface area contributed by atoms with Crippen LogP contribution in [-0.4, -0.2) is 30.3 Å². The summed E-state index contributed by atoms with van der Waals surface area (Å²) in [5.74, 6) is -0.193. The molecule has 1 aliphatic heterocycles. The molecule has 0 aromatic carbocycles. The maximum atomic E-state index is 12.4. The van der Waals surface area contributed by atoms with Crippen LogP contribution in [0.1, 0.15) is 38.1 Å². The first-order valence-electron chi connectivity index (χ1n) is 6.87. The van der Waals surface area contributed by atoms with Crippen molar-refractivity contribution in [3.05, 3.63) is 22.4 Å². The molecule has 0 saturated carbocycles. The largest absolute Gasteiger partial charge is 0.348 e. The van der Waals surface area contributed by atoms with E-state index in [0.29, 0.717) is 13.0 Å². The smallest absolute Gasteiger partial charge is 0.225 e. The van der Waals surface area contributed by atoms with Gasteiger partial charge in [-0.3, -0.25) is 9.59 Å². The van der Waals surface area contributed by atoms with Gasteiger partial charge < -0.3 is 10.2 Å². The lowest BCUT2D eigenvalue weighted by atomic mass is 9.85. The summed E-state index contributed by atoms with van der Waals surface area (Å²) < 4.78 is 0. The molecule has 1 N–H and O–H groups in total. The van der Waals surface area contributed by atoms with Crippen molar-refractivity contribution in [1.29, 1.82) is 0 Å². The van der Waals surface area contributed by atoms with Crippen molar-refractivity contribution in [2.75, 3.05) is 13.6 Å². The maximum absolute atomic E-state index is 12.4.